The number of hydrogen-bond donors (Lipinski definition) is 2. The van der Waals surface area contributed by atoms with Gasteiger partial charge in [-0.15, -0.1) is 0 Å². The minimum Gasteiger partial charge on any atom is -0.372 e. The average Bonchev–Trinajstić information content (AvgIpc) is 2.45. The standard InChI is InChI=1S/C14H11FIN5/c1-18-12-7-5-6-10(19-13(7)21-14(17)20-12)11-8(15)3-2-4-9(11)16/h2-6H,1H3,(H3,17,18,19,20,21). The summed E-state index contributed by atoms with van der Waals surface area (Å²) in [6, 6.07) is 8.48. The van der Waals surface area contributed by atoms with Crippen LogP contribution in [0.5, 0.6) is 0 Å². The normalized spacial score (nSPS) is 10.8. The van der Waals surface area contributed by atoms with Crippen molar-refractivity contribution < 1.29 is 4.39 Å². The summed E-state index contributed by atoms with van der Waals surface area (Å²) in [6.07, 6.45) is 0. The summed E-state index contributed by atoms with van der Waals surface area (Å²) >= 11 is 2.08. The number of nitrogen functional groups attached to an aromatic ring is 1. The number of nitrogens with two attached hydrogens (primary N) is 1. The third-order valence-corrected chi connectivity index (χ3v) is 3.93. The van der Waals surface area contributed by atoms with E-state index in [4.69, 9.17) is 5.73 Å². The third-order valence-electron chi connectivity index (χ3n) is 3.03. The SMILES string of the molecule is CNc1nc(N)nc2nc(-c3c(F)cccc3I)ccc12. The monoisotopic (exact) mass is 395 g/mol. The van der Waals surface area contributed by atoms with Crippen molar-refractivity contribution in [1.82, 2.24) is 15.0 Å². The summed E-state index contributed by atoms with van der Waals surface area (Å²) in [5.74, 6) is 0.407. The van der Waals surface area contributed by atoms with Crippen molar-refractivity contribution in [1.29, 1.82) is 0 Å². The first-order valence-corrected chi connectivity index (χ1v) is 7.24. The van der Waals surface area contributed by atoms with Crippen LogP contribution in [0.4, 0.5) is 16.2 Å². The highest BCUT2D eigenvalue weighted by molar-refractivity contribution is 14.1. The first kappa shape index (κ1) is 13.9. The lowest BCUT2D eigenvalue weighted by molar-refractivity contribution is 0.630. The molecule has 0 aliphatic heterocycles. The van der Waals surface area contributed by atoms with Crippen LogP contribution in [-0.2, 0) is 0 Å². The maximum absolute atomic E-state index is 14.0. The molecule has 0 saturated carbocycles. The highest BCUT2D eigenvalue weighted by atomic mass is 127. The summed E-state index contributed by atoms with van der Waals surface area (Å²) in [5.41, 5.74) is 7.08. The molecule has 0 spiro atoms. The molecule has 0 amide bonds. The number of pyridine rings is 1. The van der Waals surface area contributed by atoms with Crippen LogP contribution >= 0.6 is 22.6 Å². The summed E-state index contributed by atoms with van der Waals surface area (Å²) < 4.78 is 14.8. The van der Waals surface area contributed by atoms with E-state index < -0.39 is 0 Å². The van der Waals surface area contributed by atoms with Crippen LogP contribution in [0.1, 0.15) is 0 Å². The zero-order valence-corrected chi connectivity index (χ0v) is 13.2. The molecule has 3 N–H and O–H groups in total. The van der Waals surface area contributed by atoms with Gasteiger partial charge in [-0.25, -0.2) is 9.37 Å². The lowest BCUT2D eigenvalue weighted by Gasteiger charge is -2.09. The van der Waals surface area contributed by atoms with Crippen molar-refractivity contribution >= 4 is 45.4 Å². The van der Waals surface area contributed by atoms with Crippen molar-refractivity contribution in [3.8, 4) is 11.3 Å². The van der Waals surface area contributed by atoms with Gasteiger partial charge in [0.1, 0.15) is 11.6 Å². The number of rotatable bonds is 2. The number of aromatic nitrogens is 3. The zero-order chi connectivity index (χ0) is 15.0. The fraction of sp³-hybridized carbons (Fsp3) is 0.0714. The fourth-order valence-electron chi connectivity index (χ4n) is 2.10. The second-order valence-electron chi connectivity index (χ2n) is 4.34. The Balaban J connectivity index is 2.27. The second-order valence-corrected chi connectivity index (χ2v) is 5.51. The fourth-order valence-corrected chi connectivity index (χ4v) is 2.84. The number of fused-ring (bicyclic) bond motifs is 1. The molecule has 1 aromatic carbocycles. The lowest BCUT2D eigenvalue weighted by Crippen LogP contribution is -2.03. The molecule has 0 unspecified atom stereocenters. The molecule has 0 saturated heterocycles. The highest BCUT2D eigenvalue weighted by Gasteiger charge is 2.13. The van der Waals surface area contributed by atoms with Crippen LogP contribution < -0.4 is 11.1 Å². The molecule has 0 aliphatic rings. The molecule has 0 bridgehead atoms. The predicted molar refractivity (Wildman–Crippen MR) is 89.4 cm³/mol. The summed E-state index contributed by atoms with van der Waals surface area (Å²) in [5, 5.41) is 3.68. The van der Waals surface area contributed by atoms with E-state index in [0.29, 0.717) is 22.7 Å². The smallest absolute Gasteiger partial charge is 0.224 e. The van der Waals surface area contributed by atoms with Crippen molar-refractivity contribution in [2.75, 3.05) is 18.1 Å². The Morgan fingerprint density at radius 3 is 2.67 bits per heavy atom. The van der Waals surface area contributed by atoms with Gasteiger partial charge in [0.25, 0.3) is 0 Å². The van der Waals surface area contributed by atoms with Crippen LogP contribution in [0.15, 0.2) is 30.3 Å². The quantitative estimate of drug-likeness (QED) is 0.653. The number of benzene rings is 1. The maximum atomic E-state index is 14.0. The molecular formula is C14H11FIN5. The lowest BCUT2D eigenvalue weighted by atomic mass is 10.1. The van der Waals surface area contributed by atoms with Crippen molar-refractivity contribution in [2.24, 2.45) is 0 Å². The van der Waals surface area contributed by atoms with E-state index in [1.165, 1.54) is 6.07 Å². The van der Waals surface area contributed by atoms with Gasteiger partial charge in [-0.05, 0) is 46.9 Å². The first-order chi connectivity index (χ1) is 10.1. The molecule has 3 aromatic rings. The molecule has 21 heavy (non-hydrogen) atoms. The predicted octanol–water partition coefficient (Wildman–Crippen LogP) is 3.06. The topological polar surface area (TPSA) is 76.7 Å². The van der Waals surface area contributed by atoms with Gasteiger partial charge in [0.05, 0.1) is 11.1 Å². The van der Waals surface area contributed by atoms with Gasteiger partial charge in [-0.2, -0.15) is 9.97 Å². The summed E-state index contributed by atoms with van der Waals surface area (Å²) in [6.45, 7) is 0. The number of nitrogens with one attached hydrogen (secondary N) is 1. The van der Waals surface area contributed by atoms with E-state index in [-0.39, 0.29) is 11.8 Å². The Hall–Kier alpha value is -2.03. The van der Waals surface area contributed by atoms with Gasteiger partial charge in [0, 0.05) is 16.2 Å². The molecule has 2 heterocycles. The van der Waals surface area contributed by atoms with Crippen LogP contribution in [0.3, 0.4) is 0 Å². The molecule has 7 heteroatoms. The van der Waals surface area contributed by atoms with Crippen LogP contribution in [-0.4, -0.2) is 22.0 Å². The van der Waals surface area contributed by atoms with Gasteiger partial charge in [-0.3, -0.25) is 0 Å². The highest BCUT2D eigenvalue weighted by Crippen LogP contribution is 2.29. The number of hydrogen-bond acceptors (Lipinski definition) is 5. The van der Waals surface area contributed by atoms with Crippen LogP contribution in [0.2, 0.25) is 0 Å². The van der Waals surface area contributed by atoms with E-state index >= 15 is 0 Å². The van der Waals surface area contributed by atoms with Crippen molar-refractivity contribution in [2.45, 2.75) is 0 Å². The Morgan fingerprint density at radius 2 is 1.95 bits per heavy atom. The van der Waals surface area contributed by atoms with E-state index in [1.54, 1.807) is 19.2 Å². The van der Waals surface area contributed by atoms with E-state index in [2.05, 4.69) is 42.9 Å². The minimum absolute atomic E-state index is 0.125. The van der Waals surface area contributed by atoms with Gasteiger partial charge < -0.3 is 11.1 Å². The van der Waals surface area contributed by atoms with Crippen LogP contribution in [0, 0.1) is 9.39 Å². The van der Waals surface area contributed by atoms with Crippen molar-refractivity contribution in [3.05, 3.63) is 39.7 Å². The Bertz CT molecular complexity index is 817. The summed E-state index contributed by atoms with van der Waals surface area (Å²) in [4.78, 5) is 12.6. The molecule has 0 aliphatic carbocycles. The maximum Gasteiger partial charge on any atom is 0.224 e. The molecule has 0 atom stereocenters. The van der Waals surface area contributed by atoms with Gasteiger partial charge in [0.15, 0.2) is 5.65 Å². The molecule has 106 valence electrons. The van der Waals surface area contributed by atoms with E-state index in [9.17, 15) is 4.39 Å². The van der Waals surface area contributed by atoms with Crippen molar-refractivity contribution in [3.63, 3.8) is 0 Å². The number of nitrogens with zero attached hydrogens (tertiary/aromatic N) is 3. The van der Waals surface area contributed by atoms with E-state index in [1.807, 2.05) is 12.1 Å². The molecule has 0 fully saturated rings. The Kier molecular flexibility index (Phi) is 3.58. The van der Waals surface area contributed by atoms with Gasteiger partial charge >= 0.3 is 0 Å². The number of anilines is 2. The average molecular weight is 395 g/mol. The molecular weight excluding hydrogens is 384 g/mol. The van der Waals surface area contributed by atoms with E-state index in [0.717, 1.165) is 8.96 Å². The number of halogens is 2. The second kappa shape index (κ2) is 5.40. The third kappa shape index (κ3) is 2.48. The molecule has 2 aromatic heterocycles. The molecule has 0 radical (unpaired) electrons. The molecule has 5 nitrogen and oxygen atoms in total. The largest absolute Gasteiger partial charge is 0.372 e. The van der Waals surface area contributed by atoms with Gasteiger partial charge in [-0.1, -0.05) is 6.07 Å². The first-order valence-electron chi connectivity index (χ1n) is 6.16. The minimum atomic E-state index is -0.315. The summed E-state index contributed by atoms with van der Waals surface area (Å²) in [7, 11) is 1.74. The Labute approximate surface area is 134 Å². The Morgan fingerprint density at radius 1 is 1.14 bits per heavy atom. The molecule has 3 rings (SSSR count). The van der Waals surface area contributed by atoms with Gasteiger partial charge in [0.2, 0.25) is 5.95 Å². The van der Waals surface area contributed by atoms with Crippen LogP contribution in [0.25, 0.3) is 22.3 Å². The zero-order valence-electron chi connectivity index (χ0n) is 11.1.